The van der Waals surface area contributed by atoms with Crippen molar-refractivity contribution >= 4 is 23.1 Å². The van der Waals surface area contributed by atoms with Gasteiger partial charge in [-0.2, -0.15) is 11.8 Å². The number of rotatable bonds is 3. The molecule has 1 N–H and O–H groups in total. The van der Waals surface area contributed by atoms with Gasteiger partial charge in [0.2, 0.25) is 0 Å². The predicted octanol–water partition coefficient (Wildman–Crippen LogP) is 1.97. The average molecular weight is 317 g/mol. The molecule has 0 spiro atoms. The van der Waals surface area contributed by atoms with Gasteiger partial charge in [-0.15, -0.1) is 10.2 Å². The Kier molecular flexibility index (Phi) is 4.21. The van der Waals surface area contributed by atoms with Crippen LogP contribution in [0, 0.1) is 0 Å². The third kappa shape index (κ3) is 2.94. The molecule has 0 bridgehead atoms. The first kappa shape index (κ1) is 14.3. The van der Waals surface area contributed by atoms with Gasteiger partial charge in [0.25, 0.3) is 0 Å². The van der Waals surface area contributed by atoms with E-state index in [0.717, 1.165) is 44.1 Å². The van der Waals surface area contributed by atoms with Gasteiger partial charge < -0.3 is 10.2 Å². The molecule has 6 heteroatoms. The van der Waals surface area contributed by atoms with Crippen LogP contribution in [-0.4, -0.2) is 51.8 Å². The zero-order valence-corrected chi connectivity index (χ0v) is 13.7. The lowest BCUT2D eigenvalue weighted by atomic mass is 10.1. The monoisotopic (exact) mass is 317 g/mol. The first-order chi connectivity index (χ1) is 10.9. The molecule has 22 heavy (non-hydrogen) atoms. The zero-order chi connectivity index (χ0) is 14.8. The molecule has 0 saturated carbocycles. The van der Waals surface area contributed by atoms with Gasteiger partial charge in [-0.25, -0.2) is 0 Å². The van der Waals surface area contributed by atoms with Gasteiger partial charge in [0.05, 0.1) is 0 Å². The van der Waals surface area contributed by atoms with Crippen LogP contribution in [0.3, 0.4) is 0 Å². The van der Waals surface area contributed by atoms with Crippen molar-refractivity contribution in [3.63, 3.8) is 0 Å². The van der Waals surface area contributed by atoms with Crippen molar-refractivity contribution in [2.45, 2.75) is 30.9 Å². The van der Waals surface area contributed by atoms with Gasteiger partial charge in [0.1, 0.15) is 5.82 Å². The van der Waals surface area contributed by atoms with Crippen molar-refractivity contribution in [1.82, 2.24) is 19.9 Å². The van der Waals surface area contributed by atoms with Crippen LogP contribution in [0.25, 0.3) is 5.65 Å². The summed E-state index contributed by atoms with van der Waals surface area (Å²) in [5, 5.41) is 13.0. The summed E-state index contributed by atoms with van der Waals surface area (Å²) in [6.45, 7) is 4.25. The van der Waals surface area contributed by atoms with E-state index >= 15 is 0 Å². The van der Waals surface area contributed by atoms with Crippen LogP contribution >= 0.6 is 11.8 Å². The van der Waals surface area contributed by atoms with Crippen LogP contribution in [0.5, 0.6) is 0 Å². The fraction of sp³-hybridized carbons (Fsp3) is 0.625. The second kappa shape index (κ2) is 6.46. The van der Waals surface area contributed by atoms with E-state index in [9.17, 15) is 0 Å². The van der Waals surface area contributed by atoms with Crippen molar-refractivity contribution in [1.29, 1.82) is 0 Å². The Hall–Kier alpha value is -1.27. The van der Waals surface area contributed by atoms with E-state index in [2.05, 4.69) is 54.9 Å². The molecule has 118 valence electrons. The predicted molar refractivity (Wildman–Crippen MR) is 91.9 cm³/mol. The quantitative estimate of drug-likeness (QED) is 0.938. The molecule has 0 aromatic carbocycles. The molecule has 2 aromatic rings. The summed E-state index contributed by atoms with van der Waals surface area (Å²) < 4.78 is 2.17. The van der Waals surface area contributed by atoms with Crippen LogP contribution in [0.4, 0.5) is 5.69 Å². The minimum absolute atomic E-state index is 0.717. The highest BCUT2D eigenvalue weighted by Gasteiger charge is 2.18. The number of aromatic nitrogens is 3. The molecule has 2 aliphatic heterocycles. The second-order valence-electron chi connectivity index (χ2n) is 6.16. The fourth-order valence-corrected chi connectivity index (χ4v) is 4.66. The standard InChI is InChI=1S/C16H23N5S/c1-2-10-22-14(3-1)12-16-19-18-15-11-13(4-7-21(15)16)20-8-5-17-6-9-20/h4,7,11,14,17H,1-3,5-6,8-10,12H2. The number of thioether (sulfide) groups is 1. The lowest BCUT2D eigenvalue weighted by molar-refractivity contribution is 0.589. The van der Waals surface area contributed by atoms with Crippen LogP contribution < -0.4 is 10.2 Å². The molecular formula is C16H23N5S. The summed E-state index contributed by atoms with van der Waals surface area (Å²) in [5.41, 5.74) is 2.24. The van der Waals surface area contributed by atoms with Crippen molar-refractivity contribution in [2.24, 2.45) is 0 Å². The highest BCUT2D eigenvalue weighted by Crippen LogP contribution is 2.28. The van der Waals surface area contributed by atoms with E-state index in [1.54, 1.807) is 0 Å². The maximum Gasteiger partial charge on any atom is 0.162 e. The first-order valence-electron chi connectivity index (χ1n) is 8.31. The van der Waals surface area contributed by atoms with Crippen molar-refractivity contribution in [2.75, 3.05) is 36.8 Å². The van der Waals surface area contributed by atoms with Gasteiger partial charge in [-0.05, 0) is 24.7 Å². The van der Waals surface area contributed by atoms with Crippen molar-refractivity contribution in [3.8, 4) is 0 Å². The average Bonchev–Trinajstić information content (AvgIpc) is 2.99. The molecule has 2 aliphatic rings. The molecular weight excluding hydrogens is 294 g/mol. The number of hydrogen-bond acceptors (Lipinski definition) is 5. The Morgan fingerprint density at radius 2 is 2.14 bits per heavy atom. The molecule has 4 rings (SSSR count). The topological polar surface area (TPSA) is 45.5 Å². The first-order valence-corrected chi connectivity index (χ1v) is 9.36. The lowest BCUT2D eigenvalue weighted by Crippen LogP contribution is -2.43. The van der Waals surface area contributed by atoms with E-state index < -0.39 is 0 Å². The summed E-state index contributed by atoms with van der Waals surface area (Å²) >= 11 is 2.10. The molecule has 0 aliphatic carbocycles. The van der Waals surface area contributed by atoms with Crippen LogP contribution in [-0.2, 0) is 6.42 Å². The normalized spacial score (nSPS) is 23.1. The minimum atomic E-state index is 0.717. The summed E-state index contributed by atoms with van der Waals surface area (Å²) in [4.78, 5) is 2.42. The molecule has 0 amide bonds. The van der Waals surface area contributed by atoms with Gasteiger partial charge in [-0.1, -0.05) is 6.42 Å². The molecule has 0 radical (unpaired) electrons. The van der Waals surface area contributed by atoms with Gasteiger partial charge in [0, 0.05) is 55.8 Å². The molecule has 1 atom stereocenters. The van der Waals surface area contributed by atoms with Gasteiger partial charge in [0.15, 0.2) is 5.65 Å². The molecule has 2 fully saturated rings. The smallest absolute Gasteiger partial charge is 0.162 e. The summed E-state index contributed by atoms with van der Waals surface area (Å²) in [6, 6.07) is 4.38. The summed E-state index contributed by atoms with van der Waals surface area (Å²) in [6.07, 6.45) is 7.24. The number of pyridine rings is 1. The molecule has 1 unspecified atom stereocenters. The second-order valence-corrected chi connectivity index (χ2v) is 7.57. The van der Waals surface area contributed by atoms with Crippen LogP contribution in [0.15, 0.2) is 18.3 Å². The van der Waals surface area contributed by atoms with Gasteiger partial charge in [-0.3, -0.25) is 4.40 Å². The minimum Gasteiger partial charge on any atom is -0.369 e. The Morgan fingerprint density at radius 1 is 1.23 bits per heavy atom. The van der Waals surface area contributed by atoms with Crippen molar-refractivity contribution < 1.29 is 0 Å². The Bertz CT molecular complexity index is 628. The van der Waals surface area contributed by atoms with Crippen LogP contribution in [0.1, 0.15) is 25.1 Å². The maximum absolute atomic E-state index is 4.44. The number of anilines is 1. The van der Waals surface area contributed by atoms with E-state index in [1.165, 1.54) is 30.7 Å². The molecule has 5 nitrogen and oxygen atoms in total. The van der Waals surface area contributed by atoms with E-state index in [1.807, 2.05) is 0 Å². The number of nitrogens with one attached hydrogen (secondary N) is 1. The number of piperazine rings is 1. The lowest BCUT2D eigenvalue weighted by Gasteiger charge is -2.29. The summed E-state index contributed by atoms with van der Waals surface area (Å²) in [7, 11) is 0. The Labute approximate surface area is 135 Å². The largest absolute Gasteiger partial charge is 0.369 e. The van der Waals surface area contributed by atoms with E-state index in [-0.39, 0.29) is 0 Å². The number of hydrogen-bond donors (Lipinski definition) is 1. The third-order valence-electron chi connectivity index (χ3n) is 4.63. The van der Waals surface area contributed by atoms with Crippen molar-refractivity contribution in [3.05, 3.63) is 24.2 Å². The number of nitrogens with zero attached hydrogens (tertiary/aromatic N) is 4. The highest BCUT2D eigenvalue weighted by molar-refractivity contribution is 7.99. The third-order valence-corrected chi connectivity index (χ3v) is 6.03. The highest BCUT2D eigenvalue weighted by atomic mass is 32.2. The van der Waals surface area contributed by atoms with E-state index in [4.69, 9.17) is 0 Å². The fourth-order valence-electron chi connectivity index (χ4n) is 3.36. The Morgan fingerprint density at radius 3 is 2.95 bits per heavy atom. The molecule has 2 aromatic heterocycles. The molecule has 2 saturated heterocycles. The summed E-state index contributed by atoms with van der Waals surface area (Å²) in [5.74, 6) is 2.41. The zero-order valence-electron chi connectivity index (χ0n) is 12.9. The van der Waals surface area contributed by atoms with E-state index in [0.29, 0.717) is 5.25 Å². The molecule has 4 heterocycles. The maximum atomic E-state index is 4.44. The number of fused-ring (bicyclic) bond motifs is 1. The SMILES string of the molecule is c1cn2c(CC3CCCCS3)nnc2cc1N1CCNCC1. The Balaban J connectivity index is 1.54. The van der Waals surface area contributed by atoms with Crippen LogP contribution in [0.2, 0.25) is 0 Å². The van der Waals surface area contributed by atoms with Gasteiger partial charge >= 0.3 is 0 Å².